The topological polar surface area (TPSA) is 113 Å². The number of rotatable bonds is 8. The number of nitrogens with zero attached hydrogens (tertiary/aromatic N) is 5. The van der Waals surface area contributed by atoms with Gasteiger partial charge in [0.15, 0.2) is 28.5 Å². The molecule has 0 saturated carbocycles. The average Bonchev–Trinajstić information content (AvgIpc) is 3.51. The first kappa shape index (κ1) is 21.5. The van der Waals surface area contributed by atoms with Crippen LogP contribution in [0.15, 0.2) is 23.7 Å². The van der Waals surface area contributed by atoms with Gasteiger partial charge < -0.3 is 25.1 Å². The minimum absolute atomic E-state index is 0.0264. The molecule has 0 atom stereocenters. The lowest BCUT2D eigenvalue weighted by molar-refractivity contribution is 0.174. The standard InChI is InChI=1S/C22H24FN7O2S/c1-12(2)10-25-3-5-30-17(27-18-19(24)28-22(23)29-20(18)30)8-13-7-15-16(32-11-31-15)9-14(13)21-26-4-6-33-21/h4,6-7,9,12,25H,3,5,8,10-11H2,1-2H3,(H2,24,28,29). The molecule has 172 valence electrons. The van der Waals surface area contributed by atoms with Crippen molar-refractivity contribution in [2.75, 3.05) is 25.6 Å². The van der Waals surface area contributed by atoms with E-state index in [1.54, 1.807) is 17.5 Å². The lowest BCUT2D eigenvalue weighted by Gasteiger charge is -2.13. The van der Waals surface area contributed by atoms with Crippen LogP contribution < -0.4 is 20.5 Å². The zero-order valence-electron chi connectivity index (χ0n) is 18.3. The van der Waals surface area contributed by atoms with Gasteiger partial charge in [0, 0.05) is 36.7 Å². The SMILES string of the molecule is CC(C)CNCCn1c(Cc2cc3c(cc2-c2nccs2)OCO3)nc2c(N)nc(F)nc21. The molecule has 0 radical (unpaired) electrons. The van der Waals surface area contributed by atoms with Crippen molar-refractivity contribution in [3.63, 3.8) is 0 Å². The summed E-state index contributed by atoms with van der Waals surface area (Å²) in [6.07, 6.45) is 1.35. The normalized spacial score (nSPS) is 12.8. The number of aromatic nitrogens is 5. The number of anilines is 1. The predicted octanol–water partition coefficient (Wildman–Crippen LogP) is 3.24. The van der Waals surface area contributed by atoms with Crippen LogP contribution in [0, 0.1) is 12.0 Å². The van der Waals surface area contributed by atoms with Crippen molar-refractivity contribution in [2.24, 2.45) is 5.92 Å². The van der Waals surface area contributed by atoms with E-state index in [9.17, 15) is 4.39 Å². The molecule has 11 heteroatoms. The molecular formula is C22H24FN7O2S. The molecule has 1 aliphatic rings. The summed E-state index contributed by atoms with van der Waals surface area (Å²) in [5.74, 6) is 2.62. The number of benzene rings is 1. The first-order valence-electron chi connectivity index (χ1n) is 10.7. The Morgan fingerprint density at radius 2 is 2.03 bits per heavy atom. The third-order valence-electron chi connectivity index (χ3n) is 5.35. The summed E-state index contributed by atoms with van der Waals surface area (Å²) in [4.78, 5) is 16.8. The highest BCUT2D eigenvalue weighted by molar-refractivity contribution is 7.13. The van der Waals surface area contributed by atoms with Gasteiger partial charge in [-0.2, -0.15) is 14.4 Å². The molecule has 33 heavy (non-hydrogen) atoms. The molecular weight excluding hydrogens is 445 g/mol. The van der Waals surface area contributed by atoms with Gasteiger partial charge in [-0.05, 0) is 30.2 Å². The van der Waals surface area contributed by atoms with Crippen molar-refractivity contribution in [1.29, 1.82) is 0 Å². The Kier molecular flexibility index (Phi) is 5.81. The minimum Gasteiger partial charge on any atom is -0.454 e. The Labute approximate surface area is 193 Å². The second-order valence-corrected chi connectivity index (χ2v) is 9.10. The Balaban J connectivity index is 1.56. The summed E-state index contributed by atoms with van der Waals surface area (Å²) in [6.45, 7) is 6.60. The van der Waals surface area contributed by atoms with Crippen LogP contribution in [0.3, 0.4) is 0 Å². The van der Waals surface area contributed by atoms with Crippen LogP contribution >= 0.6 is 11.3 Å². The van der Waals surface area contributed by atoms with E-state index in [0.717, 1.165) is 22.7 Å². The van der Waals surface area contributed by atoms with Crippen LogP contribution in [0.5, 0.6) is 11.5 Å². The molecule has 1 aliphatic heterocycles. The fourth-order valence-corrected chi connectivity index (χ4v) is 4.54. The van der Waals surface area contributed by atoms with Crippen LogP contribution in [0.1, 0.15) is 25.2 Å². The van der Waals surface area contributed by atoms with E-state index in [1.165, 1.54) is 0 Å². The summed E-state index contributed by atoms with van der Waals surface area (Å²) >= 11 is 1.54. The van der Waals surface area contributed by atoms with Gasteiger partial charge in [0.05, 0.1) is 0 Å². The van der Waals surface area contributed by atoms with Crippen molar-refractivity contribution in [1.82, 2.24) is 29.8 Å². The quantitative estimate of drug-likeness (QED) is 0.299. The molecule has 0 amide bonds. The number of halogens is 1. The van der Waals surface area contributed by atoms with Gasteiger partial charge in [-0.15, -0.1) is 11.3 Å². The average molecular weight is 470 g/mol. The van der Waals surface area contributed by atoms with Gasteiger partial charge in [0.1, 0.15) is 10.8 Å². The van der Waals surface area contributed by atoms with Crippen molar-refractivity contribution in [3.8, 4) is 22.1 Å². The summed E-state index contributed by atoms with van der Waals surface area (Å²) in [7, 11) is 0. The molecule has 3 aromatic heterocycles. The van der Waals surface area contributed by atoms with Crippen LogP contribution in [0.25, 0.3) is 21.7 Å². The fourth-order valence-electron chi connectivity index (χ4n) is 3.85. The molecule has 3 N–H and O–H groups in total. The molecule has 0 spiro atoms. The maximum atomic E-state index is 14.0. The Morgan fingerprint density at radius 1 is 1.21 bits per heavy atom. The molecule has 0 unspecified atom stereocenters. The number of nitrogens with one attached hydrogen (secondary N) is 1. The monoisotopic (exact) mass is 469 g/mol. The number of imidazole rings is 1. The number of thiazole rings is 1. The zero-order valence-corrected chi connectivity index (χ0v) is 19.2. The van der Waals surface area contributed by atoms with Crippen LogP contribution in [-0.2, 0) is 13.0 Å². The summed E-state index contributed by atoms with van der Waals surface area (Å²) in [5.41, 5.74) is 8.67. The van der Waals surface area contributed by atoms with Crippen LogP contribution in [0.4, 0.5) is 10.2 Å². The first-order chi connectivity index (χ1) is 16.0. The molecule has 0 bridgehead atoms. The Hall–Kier alpha value is -3.31. The number of ether oxygens (including phenoxy) is 2. The minimum atomic E-state index is -0.866. The van der Waals surface area contributed by atoms with E-state index in [1.807, 2.05) is 22.1 Å². The zero-order chi connectivity index (χ0) is 22.9. The Morgan fingerprint density at radius 3 is 2.79 bits per heavy atom. The number of nitrogen functional groups attached to an aromatic ring is 1. The molecule has 9 nitrogen and oxygen atoms in total. The predicted molar refractivity (Wildman–Crippen MR) is 124 cm³/mol. The van der Waals surface area contributed by atoms with E-state index in [4.69, 9.17) is 20.2 Å². The van der Waals surface area contributed by atoms with Crippen molar-refractivity contribution >= 4 is 28.3 Å². The summed E-state index contributed by atoms with van der Waals surface area (Å²) < 4.78 is 27.1. The van der Waals surface area contributed by atoms with E-state index in [2.05, 4.69) is 34.1 Å². The maximum Gasteiger partial charge on any atom is 0.312 e. The molecule has 0 aliphatic carbocycles. The van der Waals surface area contributed by atoms with Crippen molar-refractivity contribution < 1.29 is 13.9 Å². The van der Waals surface area contributed by atoms with Crippen LogP contribution in [-0.4, -0.2) is 44.4 Å². The molecule has 0 fully saturated rings. The third kappa shape index (κ3) is 4.33. The van der Waals surface area contributed by atoms with Gasteiger partial charge in [-0.3, -0.25) is 0 Å². The van der Waals surface area contributed by atoms with Gasteiger partial charge in [0.25, 0.3) is 0 Å². The highest BCUT2D eigenvalue weighted by atomic mass is 32.1. The van der Waals surface area contributed by atoms with Crippen molar-refractivity contribution in [2.45, 2.75) is 26.8 Å². The number of fused-ring (bicyclic) bond motifs is 2. The molecule has 4 heterocycles. The number of hydrogen-bond donors (Lipinski definition) is 2. The van der Waals surface area contributed by atoms with E-state index < -0.39 is 6.08 Å². The van der Waals surface area contributed by atoms with E-state index >= 15 is 0 Å². The Bertz CT molecular complexity index is 1290. The molecule has 5 rings (SSSR count). The highest BCUT2D eigenvalue weighted by Gasteiger charge is 2.22. The van der Waals surface area contributed by atoms with Gasteiger partial charge in [-0.25, -0.2) is 9.97 Å². The van der Waals surface area contributed by atoms with Gasteiger partial charge in [-0.1, -0.05) is 13.8 Å². The fraction of sp³-hybridized carbons (Fsp3) is 0.364. The first-order valence-corrected chi connectivity index (χ1v) is 11.6. The molecule has 0 saturated heterocycles. The van der Waals surface area contributed by atoms with Gasteiger partial charge >= 0.3 is 6.08 Å². The second kappa shape index (κ2) is 8.91. The lowest BCUT2D eigenvalue weighted by Crippen LogP contribution is -2.25. The van der Waals surface area contributed by atoms with Gasteiger partial charge in [0.2, 0.25) is 6.79 Å². The molecule has 4 aromatic rings. The summed E-state index contributed by atoms with van der Waals surface area (Å²) in [5, 5.41) is 6.21. The largest absolute Gasteiger partial charge is 0.454 e. The molecule has 1 aromatic carbocycles. The number of nitrogens with two attached hydrogens (primary N) is 1. The smallest absolute Gasteiger partial charge is 0.312 e. The highest BCUT2D eigenvalue weighted by Crippen LogP contribution is 2.40. The summed E-state index contributed by atoms with van der Waals surface area (Å²) in [6, 6.07) is 3.90. The van der Waals surface area contributed by atoms with Crippen LogP contribution in [0.2, 0.25) is 0 Å². The lowest BCUT2D eigenvalue weighted by atomic mass is 10.0. The second-order valence-electron chi connectivity index (χ2n) is 8.20. The maximum absolute atomic E-state index is 14.0. The van der Waals surface area contributed by atoms with E-state index in [-0.39, 0.29) is 12.6 Å². The van der Waals surface area contributed by atoms with Crippen molar-refractivity contribution in [3.05, 3.63) is 41.2 Å². The number of hydrogen-bond acceptors (Lipinski definition) is 9. The third-order valence-corrected chi connectivity index (χ3v) is 6.15. The van der Waals surface area contributed by atoms with E-state index in [0.29, 0.717) is 53.9 Å².